The summed E-state index contributed by atoms with van der Waals surface area (Å²) in [6.07, 6.45) is 36.7. The molecule has 312 valence electrons. The summed E-state index contributed by atoms with van der Waals surface area (Å²) < 4.78 is 38.4. The molecule has 0 bridgehead atoms. The summed E-state index contributed by atoms with van der Waals surface area (Å²) in [7, 11) is -4.63. The van der Waals surface area contributed by atoms with Crippen LogP contribution in [0.1, 0.15) is 155 Å². The number of ether oxygens (including phenoxy) is 3. The van der Waals surface area contributed by atoms with Gasteiger partial charge < -0.3 is 29.3 Å². The van der Waals surface area contributed by atoms with Crippen LogP contribution in [0.15, 0.2) is 48.6 Å². The van der Waals surface area contributed by atoms with Crippen molar-refractivity contribution < 1.29 is 52.5 Å². The molecule has 12 heteroatoms. The second kappa shape index (κ2) is 34.2. The third kappa shape index (κ3) is 31.1. The Morgan fingerprint density at radius 1 is 0.685 bits per heavy atom. The number of hydrogen-bond donors (Lipinski definition) is 3. The van der Waals surface area contributed by atoms with Crippen molar-refractivity contribution in [1.29, 1.82) is 0 Å². The SMILES string of the molecule is CC/C=C\C/C=C\C/C=C\CCCCCCCC(=O)OC[C@H](COP(=O)(O)OC[C@@H](O)CO)OC(=O)CCCCCCC/C=C\CC1OC1CCCCC. The molecule has 3 N–H and O–H groups in total. The summed E-state index contributed by atoms with van der Waals surface area (Å²) in [5, 5.41) is 18.3. The molecule has 0 aromatic heterocycles. The van der Waals surface area contributed by atoms with Gasteiger partial charge in [0, 0.05) is 12.8 Å². The van der Waals surface area contributed by atoms with E-state index in [-0.39, 0.29) is 19.4 Å². The lowest BCUT2D eigenvalue weighted by molar-refractivity contribution is -0.161. The van der Waals surface area contributed by atoms with Gasteiger partial charge in [-0.1, -0.05) is 120 Å². The minimum atomic E-state index is -4.63. The molecule has 54 heavy (non-hydrogen) atoms. The van der Waals surface area contributed by atoms with Crippen LogP contribution < -0.4 is 0 Å². The van der Waals surface area contributed by atoms with Crippen molar-refractivity contribution in [2.24, 2.45) is 0 Å². The molecule has 0 aliphatic carbocycles. The zero-order chi connectivity index (χ0) is 39.5. The average molecular weight is 785 g/mol. The predicted octanol–water partition coefficient (Wildman–Crippen LogP) is 9.54. The third-order valence-electron chi connectivity index (χ3n) is 8.89. The van der Waals surface area contributed by atoms with Crippen molar-refractivity contribution in [3.05, 3.63) is 48.6 Å². The first kappa shape index (κ1) is 49.9. The second-order valence-electron chi connectivity index (χ2n) is 14.0. The van der Waals surface area contributed by atoms with Gasteiger partial charge >= 0.3 is 19.8 Å². The van der Waals surface area contributed by atoms with Crippen molar-refractivity contribution >= 4 is 19.8 Å². The van der Waals surface area contributed by atoms with Crippen LogP contribution >= 0.6 is 7.82 Å². The highest BCUT2D eigenvalue weighted by Gasteiger charge is 2.36. The highest BCUT2D eigenvalue weighted by molar-refractivity contribution is 7.47. The molecule has 0 aromatic carbocycles. The fourth-order valence-corrected chi connectivity index (χ4v) is 6.39. The van der Waals surface area contributed by atoms with Crippen molar-refractivity contribution in [1.82, 2.24) is 0 Å². The van der Waals surface area contributed by atoms with Gasteiger partial charge in [-0.2, -0.15) is 0 Å². The van der Waals surface area contributed by atoms with E-state index in [0.29, 0.717) is 25.0 Å². The number of aliphatic hydroxyl groups excluding tert-OH is 2. The summed E-state index contributed by atoms with van der Waals surface area (Å²) in [5.41, 5.74) is 0. The van der Waals surface area contributed by atoms with Crippen molar-refractivity contribution in [2.75, 3.05) is 26.4 Å². The molecule has 5 atom stereocenters. The minimum absolute atomic E-state index is 0.158. The van der Waals surface area contributed by atoms with Crippen LogP contribution in [0.2, 0.25) is 0 Å². The molecule has 1 saturated heterocycles. The molecule has 0 saturated carbocycles. The van der Waals surface area contributed by atoms with Gasteiger partial charge in [0.15, 0.2) is 6.10 Å². The molecule has 0 aromatic rings. The molecule has 0 amide bonds. The van der Waals surface area contributed by atoms with Crippen LogP contribution in [0.4, 0.5) is 0 Å². The number of carbonyl (C=O) groups is 2. The molecule has 0 spiro atoms. The topological polar surface area (TPSA) is 161 Å². The first-order chi connectivity index (χ1) is 26.2. The number of esters is 2. The van der Waals surface area contributed by atoms with E-state index in [1.54, 1.807) is 0 Å². The number of unbranched alkanes of at least 4 members (excludes halogenated alkanes) is 12. The zero-order valence-electron chi connectivity index (χ0n) is 33.4. The van der Waals surface area contributed by atoms with Crippen LogP contribution in [0.5, 0.6) is 0 Å². The van der Waals surface area contributed by atoms with Gasteiger partial charge in [0.05, 0.1) is 32.0 Å². The Morgan fingerprint density at radius 2 is 1.26 bits per heavy atom. The van der Waals surface area contributed by atoms with E-state index in [1.807, 2.05) is 0 Å². The Kier molecular flexibility index (Phi) is 31.6. The molecule has 0 radical (unpaired) electrons. The number of phosphoric acid groups is 1. The standard InChI is InChI=1S/C42H73O11P/c1-3-5-7-8-9-10-11-12-13-14-15-16-20-23-27-31-41(45)49-35-38(36-51-54(47,48)50-34-37(44)33-43)52-42(46)32-28-24-21-18-17-19-22-26-30-40-39(53-40)29-25-6-4-2/h5,7,9-10,12-13,22,26,37-40,43-44H,3-4,6,8,11,14-21,23-25,27-36H2,1-2H3,(H,47,48)/b7-5-,10-9-,13-12-,26-22-/t37-,38+,39?,40?/m0/s1. The maximum absolute atomic E-state index is 12.6. The highest BCUT2D eigenvalue weighted by atomic mass is 31.2. The van der Waals surface area contributed by atoms with Gasteiger partial charge in [0.1, 0.15) is 12.7 Å². The van der Waals surface area contributed by atoms with Gasteiger partial charge in [-0.05, 0) is 70.6 Å². The lowest BCUT2D eigenvalue weighted by Gasteiger charge is -2.20. The Balaban J connectivity index is 2.28. The number of carbonyl (C=O) groups excluding carboxylic acids is 2. The Labute approximate surface area is 326 Å². The van der Waals surface area contributed by atoms with Gasteiger partial charge in [0.2, 0.25) is 0 Å². The zero-order valence-corrected chi connectivity index (χ0v) is 34.3. The van der Waals surface area contributed by atoms with Crippen LogP contribution in [0.25, 0.3) is 0 Å². The Hall–Kier alpha value is -2.11. The largest absolute Gasteiger partial charge is 0.472 e. The van der Waals surface area contributed by atoms with E-state index in [2.05, 4.69) is 67.0 Å². The van der Waals surface area contributed by atoms with E-state index >= 15 is 0 Å². The maximum Gasteiger partial charge on any atom is 0.472 e. The molecule has 1 heterocycles. The van der Waals surface area contributed by atoms with E-state index in [4.69, 9.17) is 23.8 Å². The first-order valence-corrected chi connectivity index (χ1v) is 22.2. The summed E-state index contributed by atoms with van der Waals surface area (Å²) in [5.74, 6) is -0.970. The van der Waals surface area contributed by atoms with E-state index < -0.39 is 51.8 Å². The van der Waals surface area contributed by atoms with Crippen LogP contribution in [0, 0.1) is 0 Å². The summed E-state index contributed by atoms with van der Waals surface area (Å²) in [6.45, 7) is 2.18. The number of epoxide rings is 1. The van der Waals surface area contributed by atoms with Crippen molar-refractivity contribution in [3.8, 4) is 0 Å². The lowest BCUT2D eigenvalue weighted by Crippen LogP contribution is -2.29. The van der Waals surface area contributed by atoms with Gasteiger partial charge in [0.25, 0.3) is 0 Å². The van der Waals surface area contributed by atoms with E-state index in [0.717, 1.165) is 89.9 Å². The van der Waals surface area contributed by atoms with Crippen molar-refractivity contribution in [3.63, 3.8) is 0 Å². The molecule has 1 fully saturated rings. The number of aliphatic hydroxyl groups is 2. The van der Waals surface area contributed by atoms with Crippen molar-refractivity contribution in [2.45, 2.75) is 180 Å². The second-order valence-corrected chi connectivity index (χ2v) is 15.5. The van der Waals surface area contributed by atoms with Crippen LogP contribution in [0.3, 0.4) is 0 Å². The highest BCUT2D eigenvalue weighted by Crippen LogP contribution is 2.43. The smallest absolute Gasteiger partial charge is 0.462 e. The molecular formula is C42H73O11P. The summed E-state index contributed by atoms with van der Waals surface area (Å²) in [6, 6.07) is 0. The molecular weight excluding hydrogens is 711 g/mol. The summed E-state index contributed by atoms with van der Waals surface area (Å²) in [4.78, 5) is 34.9. The Bertz CT molecular complexity index is 1110. The number of rotatable bonds is 37. The number of hydrogen-bond acceptors (Lipinski definition) is 10. The molecule has 11 nitrogen and oxygen atoms in total. The van der Waals surface area contributed by atoms with E-state index in [9.17, 15) is 24.2 Å². The first-order valence-electron chi connectivity index (χ1n) is 20.7. The average Bonchev–Trinajstić information content (AvgIpc) is 3.91. The summed E-state index contributed by atoms with van der Waals surface area (Å²) >= 11 is 0. The van der Waals surface area contributed by atoms with Crippen LogP contribution in [-0.2, 0) is 37.4 Å². The molecule has 1 rings (SSSR count). The van der Waals surface area contributed by atoms with E-state index in [1.165, 1.54) is 25.7 Å². The normalized spacial score (nSPS) is 18.2. The quantitative estimate of drug-likeness (QED) is 0.0181. The van der Waals surface area contributed by atoms with Gasteiger partial charge in [-0.15, -0.1) is 0 Å². The number of phosphoric ester groups is 1. The monoisotopic (exact) mass is 784 g/mol. The molecule has 1 aliphatic rings. The fourth-order valence-electron chi connectivity index (χ4n) is 5.60. The van der Waals surface area contributed by atoms with Gasteiger partial charge in [-0.25, -0.2) is 4.57 Å². The molecule has 1 aliphatic heterocycles. The van der Waals surface area contributed by atoms with Crippen LogP contribution in [-0.4, -0.2) is 77.9 Å². The fraction of sp³-hybridized carbons (Fsp3) is 0.762. The lowest BCUT2D eigenvalue weighted by atomic mass is 10.1. The van der Waals surface area contributed by atoms with Gasteiger partial charge in [-0.3, -0.25) is 18.6 Å². The predicted molar refractivity (Wildman–Crippen MR) is 214 cm³/mol. The Morgan fingerprint density at radius 3 is 1.91 bits per heavy atom. The maximum atomic E-state index is 12.6. The molecule has 3 unspecified atom stereocenters. The third-order valence-corrected chi connectivity index (χ3v) is 9.84. The minimum Gasteiger partial charge on any atom is -0.462 e. The number of allylic oxidation sites excluding steroid dienone is 7.